The van der Waals surface area contributed by atoms with Crippen molar-refractivity contribution in [2.24, 2.45) is 0 Å². The van der Waals surface area contributed by atoms with Gasteiger partial charge in [-0.3, -0.25) is 9.78 Å². The number of hydrogen-bond acceptors (Lipinski definition) is 6. The number of aromatic nitrogens is 1. The summed E-state index contributed by atoms with van der Waals surface area (Å²) in [6.45, 7) is 3.95. The number of hydrogen-bond donors (Lipinski definition) is 2. The summed E-state index contributed by atoms with van der Waals surface area (Å²) in [5, 5.41) is 5.89. The van der Waals surface area contributed by atoms with Crippen LogP contribution in [0.5, 0.6) is 17.2 Å². The van der Waals surface area contributed by atoms with Gasteiger partial charge in [0.1, 0.15) is 5.69 Å². The average molecular weight is 343 g/mol. The van der Waals surface area contributed by atoms with Crippen molar-refractivity contribution in [3.63, 3.8) is 0 Å². The maximum absolute atomic E-state index is 12.0. The predicted molar refractivity (Wildman–Crippen MR) is 96.1 cm³/mol. The molecule has 0 bridgehead atoms. The van der Waals surface area contributed by atoms with E-state index in [4.69, 9.17) is 14.2 Å². The van der Waals surface area contributed by atoms with Gasteiger partial charge in [-0.05, 0) is 12.1 Å². The minimum Gasteiger partial charge on any atom is -0.493 e. The van der Waals surface area contributed by atoms with Crippen molar-refractivity contribution in [2.75, 3.05) is 33.2 Å². The topological polar surface area (TPSA) is 81.7 Å². The number of ether oxygens (including phenoxy) is 3. The van der Waals surface area contributed by atoms with Crippen molar-refractivity contribution in [1.29, 1.82) is 0 Å². The minimum absolute atomic E-state index is 0.270. The fourth-order valence-corrected chi connectivity index (χ4v) is 2.21. The number of methoxy groups -OCH3 is 3. The SMILES string of the molecule is C=CCNC(=O)c1cc(Nc2cc(OC)c(OC)c(OC)c2)ccn1. The van der Waals surface area contributed by atoms with E-state index in [2.05, 4.69) is 22.2 Å². The zero-order valence-electron chi connectivity index (χ0n) is 14.5. The molecule has 1 heterocycles. The third-order valence-corrected chi connectivity index (χ3v) is 3.35. The molecule has 0 aliphatic carbocycles. The molecule has 2 aromatic rings. The lowest BCUT2D eigenvalue weighted by Gasteiger charge is -2.15. The van der Waals surface area contributed by atoms with Gasteiger partial charge in [-0.25, -0.2) is 0 Å². The Balaban J connectivity index is 2.27. The lowest BCUT2D eigenvalue weighted by atomic mass is 10.2. The van der Waals surface area contributed by atoms with Crippen LogP contribution in [0, 0.1) is 0 Å². The van der Waals surface area contributed by atoms with Crippen LogP contribution in [0.1, 0.15) is 10.5 Å². The number of nitrogens with zero attached hydrogens (tertiary/aromatic N) is 1. The molecule has 1 amide bonds. The lowest BCUT2D eigenvalue weighted by Crippen LogP contribution is -2.24. The molecule has 2 rings (SSSR count). The van der Waals surface area contributed by atoms with Crippen molar-refractivity contribution in [1.82, 2.24) is 10.3 Å². The number of pyridine rings is 1. The highest BCUT2D eigenvalue weighted by Crippen LogP contribution is 2.40. The van der Waals surface area contributed by atoms with E-state index in [-0.39, 0.29) is 5.91 Å². The highest BCUT2D eigenvalue weighted by Gasteiger charge is 2.14. The second-order valence-corrected chi connectivity index (χ2v) is 4.97. The fourth-order valence-electron chi connectivity index (χ4n) is 2.21. The number of anilines is 2. The number of rotatable bonds is 8. The van der Waals surface area contributed by atoms with Gasteiger partial charge in [0.05, 0.1) is 21.3 Å². The van der Waals surface area contributed by atoms with Gasteiger partial charge in [-0.2, -0.15) is 0 Å². The maximum atomic E-state index is 12.0. The molecule has 25 heavy (non-hydrogen) atoms. The smallest absolute Gasteiger partial charge is 0.270 e. The molecule has 0 aliphatic rings. The van der Waals surface area contributed by atoms with Crippen LogP contribution in [0.2, 0.25) is 0 Å². The molecule has 0 unspecified atom stereocenters. The predicted octanol–water partition coefficient (Wildman–Crippen LogP) is 2.77. The van der Waals surface area contributed by atoms with Crippen LogP contribution in [0.25, 0.3) is 0 Å². The summed E-state index contributed by atoms with van der Waals surface area (Å²) in [7, 11) is 4.65. The second-order valence-electron chi connectivity index (χ2n) is 4.97. The maximum Gasteiger partial charge on any atom is 0.270 e. The quantitative estimate of drug-likeness (QED) is 0.717. The first kappa shape index (κ1) is 18.1. The van der Waals surface area contributed by atoms with E-state index in [1.165, 1.54) is 0 Å². The van der Waals surface area contributed by atoms with Crippen LogP contribution in [-0.2, 0) is 0 Å². The van der Waals surface area contributed by atoms with Gasteiger partial charge >= 0.3 is 0 Å². The molecular weight excluding hydrogens is 322 g/mol. The zero-order chi connectivity index (χ0) is 18.2. The molecule has 0 fully saturated rings. The lowest BCUT2D eigenvalue weighted by molar-refractivity contribution is 0.0953. The van der Waals surface area contributed by atoms with Crippen molar-refractivity contribution in [3.05, 3.63) is 48.8 Å². The molecule has 0 saturated heterocycles. The Morgan fingerprint density at radius 1 is 1.12 bits per heavy atom. The molecule has 7 heteroatoms. The molecule has 7 nitrogen and oxygen atoms in total. The van der Waals surface area contributed by atoms with Crippen LogP contribution in [0.3, 0.4) is 0 Å². The van der Waals surface area contributed by atoms with Crippen LogP contribution in [0.15, 0.2) is 43.1 Å². The van der Waals surface area contributed by atoms with Crippen molar-refractivity contribution in [3.8, 4) is 17.2 Å². The summed E-state index contributed by atoms with van der Waals surface area (Å²) in [5.74, 6) is 1.30. The van der Waals surface area contributed by atoms with E-state index in [1.807, 2.05) is 0 Å². The summed E-state index contributed by atoms with van der Waals surface area (Å²) in [4.78, 5) is 16.1. The standard InChI is InChI=1S/C18H21N3O4/c1-5-7-20-18(22)14-9-12(6-8-19-14)21-13-10-15(23-2)17(25-4)16(11-13)24-3/h5-6,8-11H,1,7H2,2-4H3,(H,19,21)(H,20,22). The van der Waals surface area contributed by atoms with Crippen LogP contribution in [-0.4, -0.2) is 38.8 Å². The Bertz CT molecular complexity index is 737. The first-order chi connectivity index (χ1) is 12.1. The largest absolute Gasteiger partial charge is 0.493 e. The Labute approximate surface area is 146 Å². The summed E-state index contributed by atoms with van der Waals surface area (Å²) in [6, 6.07) is 6.97. The first-order valence-corrected chi connectivity index (χ1v) is 7.55. The van der Waals surface area contributed by atoms with E-state index in [1.54, 1.807) is 57.9 Å². The van der Waals surface area contributed by atoms with Crippen LogP contribution < -0.4 is 24.8 Å². The number of carbonyl (C=O) groups excluding carboxylic acids is 1. The number of nitrogens with one attached hydrogen (secondary N) is 2. The van der Waals surface area contributed by atoms with Gasteiger partial charge in [-0.15, -0.1) is 6.58 Å². The first-order valence-electron chi connectivity index (χ1n) is 7.55. The Morgan fingerprint density at radius 3 is 2.36 bits per heavy atom. The molecule has 0 radical (unpaired) electrons. The van der Waals surface area contributed by atoms with E-state index >= 15 is 0 Å². The van der Waals surface area contributed by atoms with Gasteiger partial charge in [-0.1, -0.05) is 6.08 Å². The highest BCUT2D eigenvalue weighted by molar-refractivity contribution is 5.93. The normalized spacial score (nSPS) is 9.88. The van der Waals surface area contributed by atoms with Crippen LogP contribution >= 0.6 is 0 Å². The molecule has 1 aromatic carbocycles. The van der Waals surface area contributed by atoms with Gasteiger partial charge in [0.15, 0.2) is 11.5 Å². The Morgan fingerprint density at radius 2 is 1.80 bits per heavy atom. The average Bonchev–Trinajstić information content (AvgIpc) is 2.65. The number of benzene rings is 1. The molecule has 0 atom stereocenters. The Kier molecular flexibility index (Phi) is 6.22. The molecule has 132 valence electrons. The summed E-state index contributed by atoms with van der Waals surface area (Å²) >= 11 is 0. The summed E-state index contributed by atoms with van der Waals surface area (Å²) in [5.41, 5.74) is 1.73. The highest BCUT2D eigenvalue weighted by atomic mass is 16.5. The van der Waals surface area contributed by atoms with Gasteiger partial charge in [0.25, 0.3) is 5.91 Å². The molecule has 0 saturated carbocycles. The molecular formula is C18H21N3O4. The van der Waals surface area contributed by atoms with Crippen molar-refractivity contribution < 1.29 is 19.0 Å². The molecule has 0 spiro atoms. The van der Waals surface area contributed by atoms with Crippen molar-refractivity contribution in [2.45, 2.75) is 0 Å². The fraction of sp³-hybridized carbons (Fsp3) is 0.222. The third-order valence-electron chi connectivity index (χ3n) is 3.35. The Hall–Kier alpha value is -3.22. The second kappa shape index (κ2) is 8.58. The minimum atomic E-state index is -0.270. The molecule has 2 N–H and O–H groups in total. The number of carbonyl (C=O) groups is 1. The van der Waals surface area contributed by atoms with E-state index in [0.717, 1.165) is 5.69 Å². The molecule has 0 aliphatic heterocycles. The summed E-state index contributed by atoms with van der Waals surface area (Å²) < 4.78 is 16.0. The van der Waals surface area contributed by atoms with Gasteiger partial charge in [0, 0.05) is 36.2 Å². The summed E-state index contributed by atoms with van der Waals surface area (Å²) in [6.07, 6.45) is 3.17. The zero-order valence-corrected chi connectivity index (χ0v) is 14.5. The monoisotopic (exact) mass is 343 g/mol. The van der Waals surface area contributed by atoms with E-state index in [0.29, 0.717) is 35.2 Å². The third kappa shape index (κ3) is 4.41. The van der Waals surface area contributed by atoms with Crippen molar-refractivity contribution >= 4 is 17.3 Å². The van der Waals surface area contributed by atoms with E-state index in [9.17, 15) is 4.79 Å². The number of amides is 1. The van der Waals surface area contributed by atoms with E-state index < -0.39 is 0 Å². The van der Waals surface area contributed by atoms with Crippen LogP contribution in [0.4, 0.5) is 11.4 Å². The molecule has 1 aromatic heterocycles. The van der Waals surface area contributed by atoms with Gasteiger partial charge < -0.3 is 24.8 Å². The van der Waals surface area contributed by atoms with Gasteiger partial charge in [0.2, 0.25) is 5.75 Å².